The number of amides is 1. The molecule has 2 heterocycles. The number of aromatic amines is 1. The molecule has 0 atom stereocenters. The van der Waals surface area contributed by atoms with Gasteiger partial charge in [0.2, 0.25) is 0 Å². The second kappa shape index (κ2) is 5.10. The number of carbonyl (C=O) groups is 1. The highest BCUT2D eigenvalue weighted by molar-refractivity contribution is 6.32. The number of aryl methyl sites for hydroxylation is 1. The molecule has 4 N–H and O–H groups in total. The highest BCUT2D eigenvalue weighted by Crippen LogP contribution is 2.25. The number of nitrogen functional groups attached to an aromatic ring is 1. The summed E-state index contributed by atoms with van der Waals surface area (Å²) < 4.78 is 0. The van der Waals surface area contributed by atoms with Crippen molar-refractivity contribution >= 4 is 39.8 Å². The topological polar surface area (TPSA) is 83.8 Å². The van der Waals surface area contributed by atoms with Gasteiger partial charge in [-0.05, 0) is 30.7 Å². The summed E-state index contributed by atoms with van der Waals surface area (Å²) in [5, 5.41) is 3.92. The van der Waals surface area contributed by atoms with Crippen molar-refractivity contribution in [2.24, 2.45) is 0 Å². The molecule has 0 saturated carbocycles. The number of halogens is 1. The normalized spacial score (nSPS) is 10.8. The summed E-state index contributed by atoms with van der Waals surface area (Å²) in [6.45, 7) is 1.85. The molecule has 0 saturated heterocycles. The van der Waals surface area contributed by atoms with Crippen LogP contribution in [0.5, 0.6) is 0 Å². The van der Waals surface area contributed by atoms with Gasteiger partial charge in [-0.2, -0.15) is 0 Å². The van der Waals surface area contributed by atoms with Gasteiger partial charge in [-0.1, -0.05) is 23.7 Å². The Morgan fingerprint density at radius 3 is 2.90 bits per heavy atom. The Balaban J connectivity index is 1.96. The van der Waals surface area contributed by atoms with E-state index in [1.807, 2.05) is 19.1 Å². The number of nitrogens with two attached hydrogens (primary N) is 1. The molecule has 0 bridgehead atoms. The Kier molecular flexibility index (Phi) is 3.27. The van der Waals surface area contributed by atoms with Gasteiger partial charge in [0.25, 0.3) is 5.91 Å². The fraction of sp³-hybridized carbons (Fsp3) is 0.0667. The maximum atomic E-state index is 12.3. The number of H-pyrrole nitrogens is 1. The molecule has 1 amide bonds. The van der Waals surface area contributed by atoms with E-state index in [1.54, 1.807) is 24.4 Å². The number of hydrogen-bond donors (Lipinski definition) is 3. The van der Waals surface area contributed by atoms with Gasteiger partial charge in [0, 0.05) is 11.6 Å². The van der Waals surface area contributed by atoms with E-state index < -0.39 is 0 Å². The molecule has 0 aliphatic heterocycles. The molecule has 5 nitrogen and oxygen atoms in total. The summed E-state index contributed by atoms with van der Waals surface area (Å²) in [6.07, 6.45) is 1.59. The lowest BCUT2D eigenvalue weighted by molar-refractivity contribution is 0.102. The van der Waals surface area contributed by atoms with E-state index in [9.17, 15) is 4.79 Å². The second-order valence-electron chi connectivity index (χ2n) is 4.74. The van der Waals surface area contributed by atoms with Crippen LogP contribution < -0.4 is 11.1 Å². The number of carbonyl (C=O) groups excluding carboxylic acids is 1. The van der Waals surface area contributed by atoms with Gasteiger partial charge in [0.05, 0.1) is 16.9 Å². The molecule has 106 valence electrons. The average Bonchev–Trinajstić information content (AvgIpc) is 2.88. The van der Waals surface area contributed by atoms with E-state index in [-0.39, 0.29) is 11.1 Å². The van der Waals surface area contributed by atoms with Crippen LogP contribution in [0.3, 0.4) is 0 Å². The van der Waals surface area contributed by atoms with Gasteiger partial charge >= 0.3 is 0 Å². The molecule has 0 aliphatic rings. The van der Waals surface area contributed by atoms with Crippen molar-refractivity contribution in [2.45, 2.75) is 6.92 Å². The minimum absolute atomic E-state index is 0.263. The number of pyridine rings is 1. The van der Waals surface area contributed by atoms with E-state index >= 15 is 0 Å². The van der Waals surface area contributed by atoms with Gasteiger partial charge in [-0.15, -0.1) is 0 Å². The molecule has 3 aromatic rings. The number of rotatable bonds is 2. The quantitative estimate of drug-likeness (QED) is 0.501. The Morgan fingerprint density at radius 2 is 2.19 bits per heavy atom. The Hall–Kier alpha value is -2.53. The number of nitrogens with zero attached hydrogens (tertiary/aromatic N) is 1. The average molecular weight is 301 g/mol. The Morgan fingerprint density at radius 1 is 1.38 bits per heavy atom. The minimum Gasteiger partial charge on any atom is -0.397 e. The first-order valence-corrected chi connectivity index (χ1v) is 6.73. The monoisotopic (exact) mass is 300 g/mol. The summed E-state index contributed by atoms with van der Waals surface area (Å²) >= 11 is 6.01. The molecule has 2 aromatic heterocycles. The zero-order chi connectivity index (χ0) is 15.0. The molecule has 1 aromatic carbocycles. The predicted molar refractivity (Wildman–Crippen MR) is 84.6 cm³/mol. The first kappa shape index (κ1) is 13.5. The molecule has 6 heteroatoms. The van der Waals surface area contributed by atoms with Crippen LogP contribution in [0, 0.1) is 6.92 Å². The lowest BCUT2D eigenvalue weighted by Crippen LogP contribution is -2.13. The molecule has 0 spiro atoms. The smallest absolute Gasteiger partial charge is 0.272 e. The van der Waals surface area contributed by atoms with Crippen LogP contribution in [0.1, 0.15) is 16.1 Å². The van der Waals surface area contributed by atoms with Crippen molar-refractivity contribution in [3.05, 3.63) is 52.9 Å². The highest BCUT2D eigenvalue weighted by Gasteiger charge is 2.14. The van der Waals surface area contributed by atoms with E-state index in [4.69, 9.17) is 17.3 Å². The molecule has 0 aliphatic carbocycles. The van der Waals surface area contributed by atoms with Gasteiger partial charge < -0.3 is 16.0 Å². The summed E-state index contributed by atoms with van der Waals surface area (Å²) in [7, 11) is 0. The predicted octanol–water partition coefficient (Wildman–Crippen LogP) is 3.36. The highest BCUT2D eigenvalue weighted by atomic mass is 35.5. The first-order valence-electron chi connectivity index (χ1n) is 6.36. The minimum atomic E-state index is -0.288. The maximum absolute atomic E-state index is 12.3. The zero-order valence-electron chi connectivity index (χ0n) is 11.3. The SMILES string of the molecule is Cc1ccnc(Cl)c1NC(=O)c1cc2cccc(N)c2[nH]1. The maximum Gasteiger partial charge on any atom is 0.272 e. The summed E-state index contributed by atoms with van der Waals surface area (Å²) in [6, 6.07) is 9.05. The van der Waals surface area contributed by atoms with Gasteiger partial charge in [0.15, 0.2) is 5.15 Å². The third-order valence-corrected chi connectivity index (χ3v) is 3.57. The molecule has 0 unspecified atom stereocenters. The molecule has 21 heavy (non-hydrogen) atoms. The lowest BCUT2D eigenvalue weighted by atomic mass is 10.2. The van der Waals surface area contributed by atoms with E-state index in [0.29, 0.717) is 17.1 Å². The number of nitrogens with one attached hydrogen (secondary N) is 2. The number of benzene rings is 1. The van der Waals surface area contributed by atoms with Crippen molar-refractivity contribution < 1.29 is 4.79 Å². The van der Waals surface area contributed by atoms with Gasteiger partial charge in [0.1, 0.15) is 5.69 Å². The third kappa shape index (κ3) is 2.43. The van der Waals surface area contributed by atoms with Crippen LogP contribution in [-0.4, -0.2) is 15.9 Å². The lowest BCUT2D eigenvalue weighted by Gasteiger charge is -2.08. The number of aromatic nitrogens is 2. The van der Waals surface area contributed by atoms with Crippen molar-refractivity contribution in [1.29, 1.82) is 0 Å². The standard InChI is InChI=1S/C15H13ClN4O/c1-8-5-6-18-14(16)12(8)20-15(21)11-7-9-3-2-4-10(17)13(9)19-11/h2-7,19H,17H2,1H3,(H,20,21). The molecule has 3 rings (SSSR count). The van der Waals surface area contributed by atoms with Crippen molar-refractivity contribution in [3.63, 3.8) is 0 Å². The van der Waals surface area contributed by atoms with Crippen LogP contribution in [0.4, 0.5) is 11.4 Å². The van der Waals surface area contributed by atoms with Crippen LogP contribution >= 0.6 is 11.6 Å². The summed E-state index contributed by atoms with van der Waals surface area (Å²) in [5.41, 5.74) is 9.00. The van der Waals surface area contributed by atoms with Crippen LogP contribution in [-0.2, 0) is 0 Å². The Labute approximate surface area is 126 Å². The second-order valence-corrected chi connectivity index (χ2v) is 5.10. The fourth-order valence-corrected chi connectivity index (χ4v) is 2.41. The number of fused-ring (bicyclic) bond motifs is 1. The molecular formula is C15H13ClN4O. The van der Waals surface area contributed by atoms with Crippen LogP contribution in [0.2, 0.25) is 5.15 Å². The molecular weight excluding hydrogens is 288 g/mol. The van der Waals surface area contributed by atoms with E-state index in [1.165, 1.54) is 0 Å². The van der Waals surface area contributed by atoms with Crippen molar-refractivity contribution in [2.75, 3.05) is 11.1 Å². The third-order valence-electron chi connectivity index (χ3n) is 3.28. The van der Waals surface area contributed by atoms with Crippen molar-refractivity contribution in [1.82, 2.24) is 9.97 Å². The number of para-hydroxylation sites is 1. The molecule has 0 radical (unpaired) electrons. The van der Waals surface area contributed by atoms with Crippen LogP contribution in [0.15, 0.2) is 36.5 Å². The van der Waals surface area contributed by atoms with E-state index in [0.717, 1.165) is 16.5 Å². The molecule has 0 fully saturated rings. The van der Waals surface area contributed by atoms with E-state index in [2.05, 4.69) is 15.3 Å². The summed E-state index contributed by atoms with van der Waals surface area (Å²) in [5.74, 6) is -0.288. The zero-order valence-corrected chi connectivity index (χ0v) is 12.0. The largest absolute Gasteiger partial charge is 0.397 e. The van der Waals surface area contributed by atoms with Gasteiger partial charge in [-0.3, -0.25) is 4.79 Å². The fourth-order valence-electron chi connectivity index (χ4n) is 2.16. The van der Waals surface area contributed by atoms with Gasteiger partial charge in [-0.25, -0.2) is 4.98 Å². The van der Waals surface area contributed by atoms with Crippen molar-refractivity contribution in [3.8, 4) is 0 Å². The number of hydrogen-bond acceptors (Lipinski definition) is 3. The first-order chi connectivity index (χ1) is 10.1. The Bertz CT molecular complexity index is 821. The number of anilines is 2. The van der Waals surface area contributed by atoms with Crippen LogP contribution in [0.25, 0.3) is 10.9 Å². The summed E-state index contributed by atoms with van der Waals surface area (Å²) in [4.78, 5) is 19.3.